The first-order valence-corrected chi connectivity index (χ1v) is 10.7. The third-order valence-corrected chi connectivity index (χ3v) is 5.89. The molecule has 9 heteroatoms. The number of aromatic nitrogens is 4. The Kier molecular flexibility index (Phi) is 6.06. The van der Waals surface area contributed by atoms with Crippen LogP contribution in [0.2, 0.25) is 0 Å². The lowest BCUT2D eigenvalue weighted by molar-refractivity contribution is 0.407. The number of hydrogen-bond acceptors (Lipinski definition) is 6. The van der Waals surface area contributed by atoms with Crippen molar-refractivity contribution in [3.63, 3.8) is 0 Å². The molecule has 9 nitrogen and oxygen atoms in total. The molecule has 1 aliphatic heterocycles. The average molecular weight is 437 g/mol. The van der Waals surface area contributed by atoms with Gasteiger partial charge in [0.1, 0.15) is 5.75 Å². The first-order valence-electron chi connectivity index (χ1n) is 10.7. The number of nitrogens with zero attached hydrogens (tertiary/aromatic N) is 5. The number of para-hydroxylation sites is 1. The number of anilines is 1. The van der Waals surface area contributed by atoms with Crippen LogP contribution in [0.4, 0.5) is 5.95 Å². The number of ether oxygens (including phenoxy) is 1. The van der Waals surface area contributed by atoms with Gasteiger partial charge in [-0.2, -0.15) is 4.98 Å². The van der Waals surface area contributed by atoms with Crippen LogP contribution < -0.4 is 26.6 Å². The summed E-state index contributed by atoms with van der Waals surface area (Å²) in [6.07, 6.45) is 1.90. The van der Waals surface area contributed by atoms with Crippen molar-refractivity contribution in [2.24, 2.45) is 12.8 Å². The number of benzene rings is 1. The van der Waals surface area contributed by atoms with Crippen molar-refractivity contribution in [3.8, 4) is 17.6 Å². The monoisotopic (exact) mass is 436 g/mol. The van der Waals surface area contributed by atoms with Gasteiger partial charge in [0.15, 0.2) is 11.2 Å². The summed E-state index contributed by atoms with van der Waals surface area (Å²) in [5, 5.41) is 0. The smallest absolute Gasteiger partial charge is 0.332 e. The Balaban J connectivity index is 1.93. The molecule has 0 saturated carbocycles. The Morgan fingerprint density at radius 2 is 2.03 bits per heavy atom. The number of fused-ring (bicyclic) bond motifs is 1. The van der Waals surface area contributed by atoms with Gasteiger partial charge in [0.25, 0.3) is 5.56 Å². The largest absolute Gasteiger partial charge is 0.496 e. The molecule has 0 amide bonds. The molecule has 168 valence electrons. The average Bonchev–Trinajstić information content (AvgIpc) is 3.19. The lowest BCUT2D eigenvalue weighted by Crippen LogP contribution is -2.44. The number of imidazole rings is 1. The van der Waals surface area contributed by atoms with Gasteiger partial charge in [0, 0.05) is 31.7 Å². The number of methoxy groups -OCH3 is 1. The predicted molar refractivity (Wildman–Crippen MR) is 124 cm³/mol. The summed E-state index contributed by atoms with van der Waals surface area (Å²) in [6.45, 7) is 3.59. The summed E-state index contributed by atoms with van der Waals surface area (Å²) < 4.78 is 9.87. The SMILES string of the molecule is CC#CCn1c(N2CCCC(N)C2)nc2c1c(=O)n(Cc1ccccc1OC)c(=O)n2C. The van der Waals surface area contributed by atoms with E-state index in [2.05, 4.69) is 16.7 Å². The fourth-order valence-electron chi connectivity index (χ4n) is 4.24. The van der Waals surface area contributed by atoms with Gasteiger partial charge >= 0.3 is 5.69 Å². The summed E-state index contributed by atoms with van der Waals surface area (Å²) in [5.41, 5.74) is 6.82. The molecule has 0 aliphatic carbocycles. The summed E-state index contributed by atoms with van der Waals surface area (Å²) in [4.78, 5) is 33.6. The molecular formula is C23H28N6O3. The van der Waals surface area contributed by atoms with Crippen LogP contribution in [-0.4, -0.2) is 44.9 Å². The molecule has 3 aromatic rings. The van der Waals surface area contributed by atoms with Crippen LogP contribution >= 0.6 is 0 Å². The molecule has 1 fully saturated rings. The Bertz CT molecular complexity index is 1320. The van der Waals surface area contributed by atoms with Gasteiger partial charge in [-0.05, 0) is 25.8 Å². The van der Waals surface area contributed by atoms with Crippen LogP contribution in [0.25, 0.3) is 11.2 Å². The van der Waals surface area contributed by atoms with E-state index in [1.165, 1.54) is 9.13 Å². The van der Waals surface area contributed by atoms with E-state index in [0.29, 0.717) is 36.0 Å². The first-order chi connectivity index (χ1) is 15.5. The molecular weight excluding hydrogens is 408 g/mol. The number of piperidine rings is 1. The maximum absolute atomic E-state index is 13.6. The first kappa shape index (κ1) is 21.7. The van der Waals surface area contributed by atoms with Crippen LogP contribution in [-0.2, 0) is 20.1 Å². The second-order valence-electron chi connectivity index (χ2n) is 7.99. The van der Waals surface area contributed by atoms with Gasteiger partial charge in [-0.3, -0.25) is 18.5 Å². The Morgan fingerprint density at radius 1 is 1.25 bits per heavy atom. The van der Waals surface area contributed by atoms with Gasteiger partial charge < -0.3 is 15.4 Å². The zero-order valence-electron chi connectivity index (χ0n) is 18.7. The van der Waals surface area contributed by atoms with Crippen molar-refractivity contribution in [2.45, 2.75) is 38.9 Å². The predicted octanol–water partition coefficient (Wildman–Crippen LogP) is 0.904. The standard InChI is InChI=1S/C23H28N6O3/c1-4-5-13-28-19-20(25-22(28)27-12-8-10-17(24)15-27)26(2)23(31)29(21(19)30)14-16-9-6-7-11-18(16)32-3/h6-7,9,11,17H,8,10,12-15,24H2,1-3H3. The maximum Gasteiger partial charge on any atom is 0.332 e. The molecule has 1 aliphatic rings. The van der Waals surface area contributed by atoms with E-state index in [4.69, 9.17) is 15.5 Å². The van der Waals surface area contributed by atoms with E-state index in [9.17, 15) is 9.59 Å². The molecule has 4 rings (SSSR count). The highest BCUT2D eigenvalue weighted by Crippen LogP contribution is 2.23. The third kappa shape index (κ3) is 3.78. The summed E-state index contributed by atoms with van der Waals surface area (Å²) in [5.74, 6) is 7.18. The fraction of sp³-hybridized carbons (Fsp3) is 0.435. The second-order valence-corrected chi connectivity index (χ2v) is 7.99. The van der Waals surface area contributed by atoms with Gasteiger partial charge in [-0.25, -0.2) is 4.79 Å². The van der Waals surface area contributed by atoms with E-state index in [1.807, 2.05) is 28.8 Å². The quantitative estimate of drug-likeness (QED) is 0.597. The van der Waals surface area contributed by atoms with E-state index in [0.717, 1.165) is 24.9 Å². The van der Waals surface area contributed by atoms with Crippen LogP contribution in [0.3, 0.4) is 0 Å². The zero-order valence-corrected chi connectivity index (χ0v) is 18.7. The van der Waals surface area contributed by atoms with E-state index >= 15 is 0 Å². The molecule has 3 heterocycles. The zero-order chi connectivity index (χ0) is 22.8. The van der Waals surface area contributed by atoms with Crippen LogP contribution in [0.5, 0.6) is 5.75 Å². The van der Waals surface area contributed by atoms with E-state index < -0.39 is 11.2 Å². The lowest BCUT2D eigenvalue weighted by atomic mass is 10.1. The van der Waals surface area contributed by atoms with Crippen molar-refractivity contribution in [3.05, 3.63) is 50.7 Å². The number of nitrogens with two attached hydrogens (primary N) is 1. The van der Waals surface area contributed by atoms with Gasteiger partial charge in [-0.1, -0.05) is 24.1 Å². The molecule has 0 spiro atoms. The van der Waals surface area contributed by atoms with Crippen molar-refractivity contribution < 1.29 is 4.74 Å². The van der Waals surface area contributed by atoms with E-state index in [-0.39, 0.29) is 12.6 Å². The third-order valence-electron chi connectivity index (χ3n) is 5.89. The summed E-state index contributed by atoms with van der Waals surface area (Å²) >= 11 is 0. The minimum absolute atomic E-state index is 0.0419. The molecule has 2 N–H and O–H groups in total. The number of hydrogen-bond donors (Lipinski definition) is 1. The molecule has 1 aromatic carbocycles. The molecule has 32 heavy (non-hydrogen) atoms. The fourth-order valence-corrected chi connectivity index (χ4v) is 4.24. The Hall–Kier alpha value is -3.51. The maximum atomic E-state index is 13.6. The van der Waals surface area contributed by atoms with Gasteiger partial charge in [0.05, 0.1) is 20.2 Å². The van der Waals surface area contributed by atoms with Crippen LogP contribution in [0.1, 0.15) is 25.3 Å². The normalized spacial score (nSPS) is 16.1. The minimum atomic E-state index is -0.429. The molecule has 0 bridgehead atoms. The number of aryl methyl sites for hydroxylation is 1. The highest BCUT2D eigenvalue weighted by molar-refractivity contribution is 5.75. The second kappa shape index (κ2) is 8.93. The highest BCUT2D eigenvalue weighted by Gasteiger charge is 2.26. The van der Waals surface area contributed by atoms with Crippen molar-refractivity contribution in [1.82, 2.24) is 18.7 Å². The van der Waals surface area contributed by atoms with E-state index in [1.54, 1.807) is 21.1 Å². The minimum Gasteiger partial charge on any atom is -0.496 e. The van der Waals surface area contributed by atoms with Gasteiger partial charge in [-0.15, -0.1) is 5.92 Å². The molecule has 2 aromatic heterocycles. The summed E-state index contributed by atoms with van der Waals surface area (Å²) in [6, 6.07) is 7.39. The van der Waals surface area contributed by atoms with Crippen molar-refractivity contribution in [2.75, 3.05) is 25.1 Å². The highest BCUT2D eigenvalue weighted by atomic mass is 16.5. The van der Waals surface area contributed by atoms with Crippen molar-refractivity contribution >= 4 is 17.1 Å². The van der Waals surface area contributed by atoms with Crippen LogP contribution in [0.15, 0.2) is 33.9 Å². The molecule has 1 saturated heterocycles. The molecule has 0 radical (unpaired) electrons. The van der Waals surface area contributed by atoms with Crippen molar-refractivity contribution in [1.29, 1.82) is 0 Å². The van der Waals surface area contributed by atoms with Crippen LogP contribution in [0, 0.1) is 11.8 Å². The molecule has 1 unspecified atom stereocenters. The molecule has 1 atom stereocenters. The van der Waals surface area contributed by atoms with Gasteiger partial charge in [0.2, 0.25) is 5.95 Å². The number of rotatable bonds is 5. The lowest BCUT2D eigenvalue weighted by Gasteiger charge is -2.31. The Labute approximate surface area is 186 Å². The topological polar surface area (TPSA) is 100 Å². The summed E-state index contributed by atoms with van der Waals surface area (Å²) in [7, 11) is 3.20. The Morgan fingerprint density at radius 3 is 2.75 bits per heavy atom.